The lowest BCUT2D eigenvalue weighted by Gasteiger charge is -2.20. The lowest BCUT2D eigenvalue weighted by Crippen LogP contribution is -2.29. The maximum atomic E-state index is 10.6. The van der Waals surface area contributed by atoms with Crippen LogP contribution in [0.4, 0.5) is 19.1 Å². The molecule has 1 aromatic heterocycles. The third-order valence-electron chi connectivity index (χ3n) is 2.38. The lowest BCUT2D eigenvalue weighted by molar-refractivity contribution is -0.192. The average molecular weight is 280 g/mol. The average Bonchev–Trinajstić information content (AvgIpc) is 2.72. The van der Waals surface area contributed by atoms with Gasteiger partial charge < -0.3 is 19.9 Å². The number of alkyl halides is 3. The SMILES string of the molecule is CN(C)c1ncc2n1CCNC2.O=C(O)C(F)(F)F. The van der Waals surface area contributed by atoms with Crippen molar-refractivity contribution in [3.05, 3.63) is 11.9 Å². The summed E-state index contributed by atoms with van der Waals surface area (Å²) in [6.45, 7) is 3.02. The highest BCUT2D eigenvalue weighted by Crippen LogP contribution is 2.15. The largest absolute Gasteiger partial charge is 0.490 e. The second kappa shape index (κ2) is 5.91. The molecular formula is C10H15F3N4O2. The maximum Gasteiger partial charge on any atom is 0.490 e. The molecule has 0 bridgehead atoms. The summed E-state index contributed by atoms with van der Waals surface area (Å²) >= 11 is 0. The molecule has 0 saturated heterocycles. The summed E-state index contributed by atoms with van der Waals surface area (Å²) in [5.41, 5.74) is 1.28. The van der Waals surface area contributed by atoms with Crippen LogP contribution in [-0.4, -0.2) is 47.4 Å². The molecule has 0 radical (unpaired) electrons. The predicted octanol–water partition coefficient (Wildman–Crippen LogP) is 0.686. The van der Waals surface area contributed by atoms with Gasteiger partial charge in [-0.1, -0.05) is 0 Å². The molecule has 1 aliphatic heterocycles. The molecule has 1 aromatic rings. The zero-order chi connectivity index (χ0) is 14.6. The fourth-order valence-electron chi connectivity index (χ4n) is 1.55. The Balaban J connectivity index is 0.000000224. The summed E-state index contributed by atoms with van der Waals surface area (Å²) < 4.78 is 34.0. The fraction of sp³-hybridized carbons (Fsp3) is 0.600. The second-order valence-corrected chi connectivity index (χ2v) is 4.08. The molecule has 108 valence electrons. The molecule has 2 heterocycles. The van der Waals surface area contributed by atoms with Crippen molar-refractivity contribution < 1.29 is 23.1 Å². The van der Waals surface area contributed by atoms with Crippen molar-refractivity contribution in [3.8, 4) is 0 Å². The Labute approximate surface area is 107 Å². The molecule has 2 rings (SSSR count). The third-order valence-corrected chi connectivity index (χ3v) is 2.38. The number of aliphatic carboxylic acids is 1. The quantitative estimate of drug-likeness (QED) is 0.792. The molecule has 0 amide bonds. The number of halogens is 3. The number of fused-ring (bicyclic) bond motifs is 1. The van der Waals surface area contributed by atoms with E-state index < -0.39 is 12.1 Å². The number of aromatic nitrogens is 2. The van der Waals surface area contributed by atoms with Gasteiger partial charge in [0.05, 0.1) is 11.9 Å². The van der Waals surface area contributed by atoms with Gasteiger partial charge in [-0.05, 0) is 0 Å². The Bertz CT molecular complexity index is 442. The summed E-state index contributed by atoms with van der Waals surface area (Å²) in [4.78, 5) is 15.3. The number of nitrogens with one attached hydrogen (secondary N) is 1. The molecule has 0 unspecified atom stereocenters. The number of nitrogens with zero attached hydrogens (tertiary/aromatic N) is 3. The lowest BCUT2D eigenvalue weighted by atomic mass is 10.4. The molecule has 0 spiro atoms. The minimum absolute atomic E-state index is 0.945. The molecule has 0 aromatic carbocycles. The highest BCUT2D eigenvalue weighted by atomic mass is 19.4. The highest BCUT2D eigenvalue weighted by Gasteiger charge is 2.38. The van der Waals surface area contributed by atoms with Crippen LogP contribution < -0.4 is 10.2 Å². The van der Waals surface area contributed by atoms with E-state index in [-0.39, 0.29) is 0 Å². The first-order valence-corrected chi connectivity index (χ1v) is 5.46. The van der Waals surface area contributed by atoms with E-state index in [2.05, 4.69) is 19.8 Å². The van der Waals surface area contributed by atoms with Crippen LogP contribution in [0.5, 0.6) is 0 Å². The molecule has 0 fully saturated rings. The summed E-state index contributed by atoms with van der Waals surface area (Å²) in [7, 11) is 4.05. The predicted molar refractivity (Wildman–Crippen MR) is 62.0 cm³/mol. The van der Waals surface area contributed by atoms with Crippen LogP contribution in [0, 0.1) is 0 Å². The van der Waals surface area contributed by atoms with Crippen molar-refractivity contribution in [3.63, 3.8) is 0 Å². The number of carboxylic acid groups (broad SMARTS) is 1. The minimum atomic E-state index is -5.08. The van der Waals surface area contributed by atoms with Crippen LogP contribution in [0.2, 0.25) is 0 Å². The molecule has 19 heavy (non-hydrogen) atoms. The number of hydrogen-bond donors (Lipinski definition) is 2. The number of imidazole rings is 1. The Hall–Kier alpha value is -1.77. The molecule has 9 heteroatoms. The highest BCUT2D eigenvalue weighted by molar-refractivity contribution is 5.73. The van der Waals surface area contributed by atoms with E-state index in [1.54, 1.807) is 0 Å². The normalized spacial score (nSPS) is 14.2. The van der Waals surface area contributed by atoms with E-state index in [9.17, 15) is 13.2 Å². The zero-order valence-corrected chi connectivity index (χ0v) is 10.5. The first-order valence-electron chi connectivity index (χ1n) is 5.46. The van der Waals surface area contributed by atoms with Gasteiger partial charge in [0.2, 0.25) is 5.95 Å². The van der Waals surface area contributed by atoms with E-state index in [1.807, 2.05) is 20.3 Å². The van der Waals surface area contributed by atoms with Gasteiger partial charge in [-0.25, -0.2) is 9.78 Å². The van der Waals surface area contributed by atoms with Crippen LogP contribution in [-0.2, 0) is 17.9 Å². The van der Waals surface area contributed by atoms with Gasteiger partial charge in [0.1, 0.15) is 0 Å². The van der Waals surface area contributed by atoms with E-state index in [0.717, 1.165) is 25.6 Å². The number of hydrogen-bond acceptors (Lipinski definition) is 4. The molecule has 0 aliphatic carbocycles. The Morgan fingerprint density at radius 1 is 1.53 bits per heavy atom. The Morgan fingerprint density at radius 2 is 2.11 bits per heavy atom. The molecule has 1 aliphatic rings. The van der Waals surface area contributed by atoms with Gasteiger partial charge in [-0.3, -0.25) is 0 Å². The smallest absolute Gasteiger partial charge is 0.475 e. The minimum Gasteiger partial charge on any atom is -0.475 e. The van der Waals surface area contributed by atoms with Crippen molar-refractivity contribution in [2.24, 2.45) is 0 Å². The molecule has 2 N–H and O–H groups in total. The summed E-state index contributed by atoms with van der Waals surface area (Å²) in [6.07, 6.45) is -3.14. The van der Waals surface area contributed by atoms with E-state index in [0.29, 0.717) is 0 Å². The van der Waals surface area contributed by atoms with Crippen molar-refractivity contribution in [1.29, 1.82) is 0 Å². The van der Waals surface area contributed by atoms with Crippen LogP contribution in [0.15, 0.2) is 6.20 Å². The van der Waals surface area contributed by atoms with E-state index >= 15 is 0 Å². The van der Waals surface area contributed by atoms with Crippen LogP contribution >= 0.6 is 0 Å². The van der Waals surface area contributed by atoms with Crippen molar-refractivity contribution in [2.45, 2.75) is 19.3 Å². The maximum absolute atomic E-state index is 10.6. The van der Waals surface area contributed by atoms with Gasteiger partial charge in [0.25, 0.3) is 0 Å². The number of rotatable bonds is 1. The number of carboxylic acids is 1. The topological polar surface area (TPSA) is 70.4 Å². The Morgan fingerprint density at radius 3 is 2.58 bits per heavy atom. The summed E-state index contributed by atoms with van der Waals surface area (Å²) in [5.74, 6) is -1.70. The van der Waals surface area contributed by atoms with Crippen molar-refractivity contribution >= 4 is 11.9 Å². The van der Waals surface area contributed by atoms with Crippen molar-refractivity contribution in [2.75, 3.05) is 25.5 Å². The number of carbonyl (C=O) groups is 1. The van der Waals surface area contributed by atoms with E-state index in [1.165, 1.54) is 5.69 Å². The van der Waals surface area contributed by atoms with Crippen LogP contribution in [0.25, 0.3) is 0 Å². The van der Waals surface area contributed by atoms with Crippen LogP contribution in [0.1, 0.15) is 5.69 Å². The monoisotopic (exact) mass is 280 g/mol. The van der Waals surface area contributed by atoms with Gasteiger partial charge >= 0.3 is 12.1 Å². The molecular weight excluding hydrogens is 265 g/mol. The number of anilines is 1. The Kier molecular flexibility index (Phi) is 4.76. The first kappa shape index (κ1) is 15.3. The summed E-state index contributed by atoms with van der Waals surface area (Å²) in [5, 5.41) is 10.4. The third kappa shape index (κ3) is 4.12. The van der Waals surface area contributed by atoms with Gasteiger partial charge in [0, 0.05) is 33.7 Å². The molecule has 0 saturated carbocycles. The van der Waals surface area contributed by atoms with Gasteiger partial charge in [0.15, 0.2) is 0 Å². The summed E-state index contributed by atoms with van der Waals surface area (Å²) in [6, 6.07) is 0. The zero-order valence-electron chi connectivity index (χ0n) is 10.5. The second-order valence-electron chi connectivity index (χ2n) is 4.08. The standard InChI is InChI=1S/C8H14N4.C2HF3O2/c1-11(2)8-10-6-7-5-9-3-4-12(7)8;3-2(4,5)1(6)7/h6,9H,3-5H2,1-2H3;(H,6,7). The fourth-order valence-corrected chi connectivity index (χ4v) is 1.55. The van der Waals surface area contributed by atoms with Crippen LogP contribution in [0.3, 0.4) is 0 Å². The first-order chi connectivity index (χ1) is 8.73. The van der Waals surface area contributed by atoms with E-state index in [4.69, 9.17) is 9.90 Å². The van der Waals surface area contributed by atoms with Gasteiger partial charge in [-0.2, -0.15) is 13.2 Å². The van der Waals surface area contributed by atoms with Crippen molar-refractivity contribution in [1.82, 2.24) is 14.9 Å². The molecule has 0 atom stereocenters. The van der Waals surface area contributed by atoms with Gasteiger partial charge in [-0.15, -0.1) is 0 Å². The molecule has 6 nitrogen and oxygen atoms in total.